The zero-order valence-corrected chi connectivity index (χ0v) is 21.3. The largest absolute Gasteiger partial charge is 0.493 e. The molecule has 0 saturated heterocycles. The van der Waals surface area contributed by atoms with Crippen LogP contribution in [0.2, 0.25) is 0 Å². The average molecular weight is 504 g/mol. The number of ether oxygens (including phenoxy) is 2. The molecule has 196 valence electrons. The van der Waals surface area contributed by atoms with E-state index in [0.717, 1.165) is 48.8 Å². The van der Waals surface area contributed by atoms with Crippen LogP contribution in [-0.2, 0) is 0 Å². The van der Waals surface area contributed by atoms with E-state index in [2.05, 4.69) is 5.32 Å². The number of carboxylic acid groups (broad SMARTS) is 1. The van der Waals surface area contributed by atoms with Crippen LogP contribution in [0.15, 0.2) is 48.5 Å². The fourth-order valence-electron chi connectivity index (χ4n) is 7.60. The van der Waals surface area contributed by atoms with Gasteiger partial charge in [0.15, 0.2) is 0 Å². The molecule has 5 aliphatic rings. The Morgan fingerprint density at radius 3 is 1.92 bits per heavy atom. The summed E-state index contributed by atoms with van der Waals surface area (Å²) in [6.07, 6.45) is 10.8. The van der Waals surface area contributed by atoms with Gasteiger partial charge in [-0.05, 0) is 136 Å². The van der Waals surface area contributed by atoms with Gasteiger partial charge >= 0.3 is 5.97 Å². The standard InChI is InChI=1S/C31H37NO5/c33-30(32-29-24-14-20-13-21(16-24)17-25(29)15-20)22-3-11-28(12-4-22)37-27-7-1-19(2-8-27)18-36-26-9-5-23(6-10-26)31(34)35/h3-6,9-12,19-21,24-25,27,29H,1-2,7-8,13-18H2,(H,32,33)(H,34,35). The molecule has 6 heteroatoms. The zero-order chi connectivity index (χ0) is 25.4. The van der Waals surface area contributed by atoms with Crippen molar-refractivity contribution in [3.05, 3.63) is 59.7 Å². The van der Waals surface area contributed by atoms with Crippen molar-refractivity contribution in [2.45, 2.75) is 69.9 Å². The summed E-state index contributed by atoms with van der Waals surface area (Å²) >= 11 is 0. The third kappa shape index (κ3) is 5.48. The van der Waals surface area contributed by atoms with E-state index in [-0.39, 0.29) is 17.6 Å². The van der Waals surface area contributed by atoms with Crippen LogP contribution in [0.4, 0.5) is 0 Å². The van der Waals surface area contributed by atoms with Crippen molar-refractivity contribution in [3.8, 4) is 11.5 Å². The van der Waals surface area contributed by atoms with Crippen molar-refractivity contribution in [2.75, 3.05) is 6.61 Å². The van der Waals surface area contributed by atoms with Gasteiger partial charge in [-0.25, -0.2) is 4.79 Å². The van der Waals surface area contributed by atoms with Crippen LogP contribution >= 0.6 is 0 Å². The Kier molecular flexibility index (Phi) is 6.83. The molecule has 2 aromatic rings. The highest BCUT2D eigenvalue weighted by atomic mass is 16.5. The molecule has 0 aromatic heterocycles. The average Bonchev–Trinajstić information content (AvgIpc) is 2.90. The Labute approximate surface area is 218 Å². The van der Waals surface area contributed by atoms with Gasteiger partial charge in [-0.3, -0.25) is 4.79 Å². The summed E-state index contributed by atoms with van der Waals surface area (Å²) in [7, 11) is 0. The van der Waals surface area contributed by atoms with E-state index >= 15 is 0 Å². The first-order chi connectivity index (χ1) is 18.0. The summed E-state index contributed by atoms with van der Waals surface area (Å²) in [5.74, 6) is 4.31. The molecular weight excluding hydrogens is 466 g/mol. The van der Waals surface area contributed by atoms with E-state index in [4.69, 9.17) is 14.6 Å². The number of carbonyl (C=O) groups is 2. The Hall–Kier alpha value is -3.02. The van der Waals surface area contributed by atoms with Crippen LogP contribution in [0.1, 0.15) is 78.5 Å². The molecule has 7 rings (SSSR count). The molecule has 0 atom stereocenters. The summed E-state index contributed by atoms with van der Waals surface area (Å²) in [5.41, 5.74) is 0.986. The molecule has 0 spiro atoms. The maximum atomic E-state index is 13.0. The lowest BCUT2D eigenvalue weighted by atomic mass is 9.54. The highest BCUT2D eigenvalue weighted by Gasteiger charge is 2.48. The topological polar surface area (TPSA) is 84.9 Å². The number of amides is 1. The highest BCUT2D eigenvalue weighted by Crippen LogP contribution is 2.53. The molecule has 0 radical (unpaired) electrons. The lowest BCUT2D eigenvalue weighted by Crippen LogP contribution is -2.55. The van der Waals surface area contributed by atoms with Crippen molar-refractivity contribution in [2.24, 2.45) is 29.6 Å². The first-order valence-electron chi connectivity index (χ1n) is 14.0. The maximum absolute atomic E-state index is 13.0. The summed E-state index contributed by atoms with van der Waals surface area (Å²) in [6, 6.07) is 14.6. The number of hydrogen-bond donors (Lipinski definition) is 2. The van der Waals surface area contributed by atoms with Crippen LogP contribution in [-0.4, -0.2) is 35.7 Å². The first kappa shape index (κ1) is 24.3. The molecule has 4 bridgehead atoms. The van der Waals surface area contributed by atoms with Gasteiger partial charge in [-0.2, -0.15) is 0 Å². The number of nitrogens with one attached hydrogen (secondary N) is 1. The van der Waals surface area contributed by atoms with E-state index < -0.39 is 5.97 Å². The third-order valence-electron chi connectivity index (χ3n) is 9.32. The second-order valence-corrected chi connectivity index (χ2v) is 11.9. The zero-order valence-electron chi connectivity index (χ0n) is 21.3. The second-order valence-electron chi connectivity index (χ2n) is 11.9. The van der Waals surface area contributed by atoms with Gasteiger partial charge in [-0.15, -0.1) is 0 Å². The van der Waals surface area contributed by atoms with Crippen LogP contribution in [0.25, 0.3) is 0 Å². The van der Waals surface area contributed by atoms with Gasteiger partial charge < -0.3 is 19.9 Å². The van der Waals surface area contributed by atoms with Crippen molar-refractivity contribution in [3.63, 3.8) is 0 Å². The smallest absolute Gasteiger partial charge is 0.335 e. The fourth-order valence-corrected chi connectivity index (χ4v) is 7.60. The van der Waals surface area contributed by atoms with E-state index in [1.165, 1.54) is 32.1 Å². The summed E-state index contributed by atoms with van der Waals surface area (Å²) in [6.45, 7) is 0.632. The number of aromatic carboxylic acids is 1. The van der Waals surface area contributed by atoms with Gasteiger partial charge in [-0.1, -0.05) is 0 Å². The maximum Gasteiger partial charge on any atom is 0.335 e. The van der Waals surface area contributed by atoms with Crippen LogP contribution in [0.5, 0.6) is 11.5 Å². The molecule has 2 aromatic carbocycles. The Morgan fingerprint density at radius 1 is 0.757 bits per heavy atom. The molecule has 0 unspecified atom stereocenters. The summed E-state index contributed by atoms with van der Waals surface area (Å²) < 4.78 is 12.1. The van der Waals surface area contributed by atoms with Crippen molar-refractivity contribution in [1.82, 2.24) is 5.32 Å². The molecule has 37 heavy (non-hydrogen) atoms. The van der Waals surface area contributed by atoms with E-state index in [1.807, 2.05) is 24.3 Å². The van der Waals surface area contributed by atoms with E-state index in [0.29, 0.717) is 36.2 Å². The Morgan fingerprint density at radius 2 is 1.32 bits per heavy atom. The number of carboxylic acids is 1. The number of benzene rings is 2. The molecule has 5 aliphatic carbocycles. The molecule has 6 nitrogen and oxygen atoms in total. The monoisotopic (exact) mass is 503 g/mol. The normalized spacial score (nSPS) is 32.1. The van der Waals surface area contributed by atoms with Crippen LogP contribution < -0.4 is 14.8 Å². The SMILES string of the molecule is O=C(O)c1ccc(OCC2CCC(Oc3ccc(C(=O)NC4C5CC6CC(C5)CC4C6)cc3)CC2)cc1. The van der Waals surface area contributed by atoms with Gasteiger partial charge in [0.05, 0.1) is 18.3 Å². The molecule has 5 saturated carbocycles. The third-order valence-corrected chi connectivity index (χ3v) is 9.32. The number of hydrogen-bond acceptors (Lipinski definition) is 4. The molecule has 0 heterocycles. The first-order valence-corrected chi connectivity index (χ1v) is 14.0. The predicted molar refractivity (Wildman–Crippen MR) is 140 cm³/mol. The van der Waals surface area contributed by atoms with E-state index in [9.17, 15) is 9.59 Å². The number of carbonyl (C=O) groups excluding carboxylic acids is 1. The van der Waals surface area contributed by atoms with Crippen molar-refractivity contribution >= 4 is 11.9 Å². The molecule has 0 aliphatic heterocycles. The van der Waals surface area contributed by atoms with E-state index in [1.54, 1.807) is 24.3 Å². The minimum Gasteiger partial charge on any atom is -0.493 e. The Bertz CT molecular complexity index is 1080. The van der Waals surface area contributed by atoms with Gasteiger partial charge in [0.1, 0.15) is 11.5 Å². The van der Waals surface area contributed by atoms with Crippen LogP contribution in [0.3, 0.4) is 0 Å². The van der Waals surface area contributed by atoms with Crippen molar-refractivity contribution < 1.29 is 24.2 Å². The number of rotatable bonds is 8. The molecular formula is C31H37NO5. The minimum atomic E-state index is -0.930. The quantitative estimate of drug-likeness (QED) is 0.465. The minimum absolute atomic E-state index is 0.0575. The summed E-state index contributed by atoms with van der Waals surface area (Å²) in [5, 5.41) is 12.4. The van der Waals surface area contributed by atoms with Gasteiger partial charge in [0.25, 0.3) is 5.91 Å². The molecule has 2 N–H and O–H groups in total. The van der Waals surface area contributed by atoms with Gasteiger partial charge in [0.2, 0.25) is 0 Å². The molecule has 5 fully saturated rings. The summed E-state index contributed by atoms with van der Waals surface area (Å²) in [4.78, 5) is 24.0. The van der Waals surface area contributed by atoms with Crippen LogP contribution in [0, 0.1) is 29.6 Å². The highest BCUT2D eigenvalue weighted by molar-refractivity contribution is 5.94. The lowest BCUT2D eigenvalue weighted by Gasteiger charge is -2.54. The molecule has 1 amide bonds. The van der Waals surface area contributed by atoms with Crippen molar-refractivity contribution in [1.29, 1.82) is 0 Å². The lowest BCUT2D eigenvalue weighted by molar-refractivity contribution is -0.0119. The second kappa shape index (κ2) is 10.4. The Balaban J connectivity index is 0.942. The predicted octanol–water partition coefficient (Wildman–Crippen LogP) is 5.96. The fraction of sp³-hybridized carbons (Fsp3) is 0.548. The van der Waals surface area contributed by atoms with Gasteiger partial charge in [0, 0.05) is 11.6 Å².